The quantitative estimate of drug-likeness (QED) is 0.879. The van der Waals surface area contributed by atoms with E-state index >= 15 is 0 Å². The first-order valence-electron chi connectivity index (χ1n) is 6.74. The Morgan fingerprint density at radius 2 is 1.73 bits per heavy atom. The Hall–Kier alpha value is -2.77. The fraction of sp³-hybridized carbons (Fsp3) is 0.286. The van der Waals surface area contributed by atoms with Crippen molar-refractivity contribution in [2.75, 3.05) is 0 Å². The minimum absolute atomic E-state index is 0.0707. The summed E-state index contributed by atoms with van der Waals surface area (Å²) in [5.41, 5.74) is -1.86. The number of benzene rings is 1. The lowest BCUT2D eigenvalue weighted by Gasteiger charge is -2.10. The van der Waals surface area contributed by atoms with Gasteiger partial charge in [0.15, 0.2) is 5.82 Å². The summed E-state index contributed by atoms with van der Waals surface area (Å²) in [6.45, 7) is 3.55. The van der Waals surface area contributed by atoms with E-state index in [0.29, 0.717) is 0 Å². The van der Waals surface area contributed by atoms with E-state index in [0.717, 1.165) is 9.13 Å². The van der Waals surface area contributed by atoms with Gasteiger partial charge in [0.25, 0.3) is 5.56 Å². The highest BCUT2D eigenvalue weighted by molar-refractivity contribution is 5.45. The lowest BCUT2D eigenvalue weighted by Crippen LogP contribution is -2.38. The molecule has 1 aromatic heterocycles. The van der Waals surface area contributed by atoms with Gasteiger partial charge in [-0.3, -0.25) is 13.9 Å². The Kier molecular flexibility index (Phi) is 4.50. The second-order valence-electron chi connectivity index (χ2n) is 4.40. The molecule has 0 amide bonds. The van der Waals surface area contributed by atoms with Gasteiger partial charge in [0.05, 0.1) is 0 Å². The van der Waals surface area contributed by atoms with Gasteiger partial charge in [-0.05, 0) is 26.0 Å². The molecular weight excluding hydrogens is 291 g/mol. The smallest absolute Gasteiger partial charge is 0.333 e. The third-order valence-corrected chi connectivity index (χ3v) is 3.12. The summed E-state index contributed by atoms with van der Waals surface area (Å²) in [7, 11) is 0. The molecule has 7 nitrogen and oxygen atoms in total. The molecule has 0 radical (unpaired) electrons. The summed E-state index contributed by atoms with van der Waals surface area (Å²) in [4.78, 5) is 24.1. The molecule has 2 rings (SSSR count). The zero-order valence-corrected chi connectivity index (χ0v) is 12.2. The van der Waals surface area contributed by atoms with Gasteiger partial charge in [0, 0.05) is 13.1 Å². The van der Waals surface area contributed by atoms with Gasteiger partial charge in [-0.2, -0.15) is 0 Å². The lowest BCUT2D eigenvalue weighted by molar-refractivity contribution is 0.397. The van der Waals surface area contributed by atoms with E-state index in [9.17, 15) is 19.1 Å². The van der Waals surface area contributed by atoms with Gasteiger partial charge in [-0.1, -0.05) is 12.1 Å². The van der Waals surface area contributed by atoms with Crippen molar-refractivity contribution < 1.29 is 9.50 Å². The zero-order valence-electron chi connectivity index (χ0n) is 12.2. The van der Waals surface area contributed by atoms with Crippen molar-refractivity contribution in [2.45, 2.75) is 26.9 Å². The van der Waals surface area contributed by atoms with E-state index in [4.69, 9.17) is 0 Å². The standard InChI is InChI=1S/C14H15FN4O3/c1-3-18-12(20)11(13(21)19(4-2)14(18)22)17-16-10-8-6-5-7-9(10)15/h5-8,20H,3-4H2,1-2H3. The van der Waals surface area contributed by atoms with Crippen molar-refractivity contribution in [3.05, 3.63) is 50.9 Å². The molecule has 22 heavy (non-hydrogen) atoms. The van der Waals surface area contributed by atoms with Gasteiger partial charge in [-0.15, -0.1) is 10.2 Å². The molecule has 0 bridgehead atoms. The topological polar surface area (TPSA) is 88.9 Å². The molecule has 1 aromatic carbocycles. The molecule has 2 aromatic rings. The Labute approximate surface area is 125 Å². The minimum Gasteiger partial charge on any atom is -0.493 e. The maximum Gasteiger partial charge on any atom is 0.333 e. The molecule has 8 heteroatoms. The summed E-state index contributed by atoms with van der Waals surface area (Å²) in [6.07, 6.45) is 0. The summed E-state index contributed by atoms with van der Waals surface area (Å²) in [5.74, 6) is -1.19. The third-order valence-electron chi connectivity index (χ3n) is 3.12. The van der Waals surface area contributed by atoms with Gasteiger partial charge in [0.1, 0.15) is 5.69 Å². The number of aromatic nitrogens is 2. The zero-order chi connectivity index (χ0) is 16.3. The molecule has 1 heterocycles. The molecule has 0 unspecified atom stereocenters. The van der Waals surface area contributed by atoms with Gasteiger partial charge < -0.3 is 5.11 Å². The Morgan fingerprint density at radius 1 is 1.09 bits per heavy atom. The molecule has 0 atom stereocenters. The molecule has 0 aliphatic rings. The number of nitrogens with zero attached hydrogens (tertiary/aromatic N) is 4. The predicted molar refractivity (Wildman–Crippen MR) is 78.6 cm³/mol. The van der Waals surface area contributed by atoms with Gasteiger partial charge in [0.2, 0.25) is 11.6 Å². The number of halogens is 1. The average molecular weight is 306 g/mol. The second-order valence-corrected chi connectivity index (χ2v) is 4.40. The average Bonchev–Trinajstić information content (AvgIpc) is 2.49. The molecule has 1 N–H and O–H groups in total. The van der Waals surface area contributed by atoms with Crippen LogP contribution in [0, 0.1) is 5.82 Å². The number of hydrogen-bond acceptors (Lipinski definition) is 5. The van der Waals surface area contributed by atoms with Crippen molar-refractivity contribution in [1.29, 1.82) is 0 Å². The molecule has 0 fully saturated rings. The van der Waals surface area contributed by atoms with Crippen LogP contribution < -0.4 is 11.2 Å². The summed E-state index contributed by atoms with van der Waals surface area (Å²) < 4.78 is 15.4. The maximum absolute atomic E-state index is 13.5. The fourth-order valence-electron chi connectivity index (χ4n) is 1.96. The van der Waals surface area contributed by atoms with Crippen LogP contribution in [0.5, 0.6) is 5.88 Å². The highest BCUT2D eigenvalue weighted by atomic mass is 19.1. The number of aromatic hydroxyl groups is 1. The molecule has 116 valence electrons. The van der Waals surface area contributed by atoms with Crippen LogP contribution in [-0.2, 0) is 13.1 Å². The fourth-order valence-corrected chi connectivity index (χ4v) is 1.96. The van der Waals surface area contributed by atoms with Crippen molar-refractivity contribution in [1.82, 2.24) is 9.13 Å². The van der Waals surface area contributed by atoms with Crippen molar-refractivity contribution in [3.8, 4) is 5.88 Å². The van der Waals surface area contributed by atoms with Crippen LogP contribution in [0.3, 0.4) is 0 Å². The number of azo groups is 1. The Bertz CT molecular complexity index is 839. The van der Waals surface area contributed by atoms with Crippen LogP contribution in [0.1, 0.15) is 13.8 Å². The number of rotatable bonds is 4. The van der Waals surface area contributed by atoms with Crippen LogP contribution in [0.25, 0.3) is 0 Å². The highest BCUT2D eigenvalue weighted by Crippen LogP contribution is 2.24. The molecule has 0 aliphatic carbocycles. The highest BCUT2D eigenvalue weighted by Gasteiger charge is 2.17. The van der Waals surface area contributed by atoms with Crippen LogP contribution >= 0.6 is 0 Å². The first-order chi connectivity index (χ1) is 10.5. The van der Waals surface area contributed by atoms with E-state index < -0.39 is 28.6 Å². The first kappa shape index (κ1) is 15.6. The third kappa shape index (κ3) is 2.67. The number of hydrogen-bond donors (Lipinski definition) is 1. The molecule has 0 saturated carbocycles. The van der Waals surface area contributed by atoms with Gasteiger partial charge in [-0.25, -0.2) is 9.18 Å². The van der Waals surface area contributed by atoms with Crippen LogP contribution in [0.2, 0.25) is 0 Å². The SMILES string of the molecule is CCn1c(O)c(N=Nc2ccccc2F)c(=O)n(CC)c1=O. The van der Waals surface area contributed by atoms with Crippen LogP contribution in [-0.4, -0.2) is 14.2 Å². The van der Waals surface area contributed by atoms with E-state index in [1.165, 1.54) is 18.2 Å². The summed E-state index contributed by atoms with van der Waals surface area (Å²) in [5, 5.41) is 17.3. The largest absolute Gasteiger partial charge is 0.493 e. The molecule has 0 spiro atoms. The summed E-state index contributed by atoms with van der Waals surface area (Å²) >= 11 is 0. The van der Waals surface area contributed by atoms with Crippen molar-refractivity contribution in [3.63, 3.8) is 0 Å². The second kappa shape index (κ2) is 6.33. The minimum atomic E-state index is -0.769. The van der Waals surface area contributed by atoms with Crippen molar-refractivity contribution >= 4 is 11.4 Å². The van der Waals surface area contributed by atoms with Crippen molar-refractivity contribution in [2.24, 2.45) is 10.2 Å². The lowest BCUT2D eigenvalue weighted by atomic mass is 10.3. The Morgan fingerprint density at radius 3 is 2.32 bits per heavy atom. The molecule has 0 aliphatic heterocycles. The van der Waals surface area contributed by atoms with E-state index in [-0.39, 0.29) is 18.8 Å². The normalized spacial score (nSPS) is 11.2. The maximum atomic E-state index is 13.5. The monoisotopic (exact) mass is 306 g/mol. The van der Waals surface area contributed by atoms with E-state index in [1.54, 1.807) is 19.9 Å². The summed E-state index contributed by atoms with van der Waals surface area (Å²) in [6, 6.07) is 5.64. The molecule has 0 saturated heterocycles. The Balaban J connectivity index is 2.64. The molecular formula is C14H15FN4O3. The van der Waals surface area contributed by atoms with Crippen LogP contribution in [0.4, 0.5) is 15.8 Å². The van der Waals surface area contributed by atoms with E-state index in [2.05, 4.69) is 10.2 Å². The van der Waals surface area contributed by atoms with Gasteiger partial charge >= 0.3 is 5.69 Å². The predicted octanol–water partition coefficient (Wildman–Crippen LogP) is 2.31. The van der Waals surface area contributed by atoms with Crippen LogP contribution in [0.15, 0.2) is 44.1 Å². The van der Waals surface area contributed by atoms with E-state index in [1.807, 2.05) is 0 Å². The first-order valence-corrected chi connectivity index (χ1v) is 6.74.